The van der Waals surface area contributed by atoms with Crippen molar-refractivity contribution in [1.29, 1.82) is 0 Å². The van der Waals surface area contributed by atoms with E-state index in [0.29, 0.717) is 18.3 Å². The van der Waals surface area contributed by atoms with E-state index in [0.717, 1.165) is 22.1 Å². The summed E-state index contributed by atoms with van der Waals surface area (Å²) in [7, 11) is 0. The first-order chi connectivity index (χ1) is 11.8. The number of aryl methyl sites for hydroxylation is 1. The number of tetrazole rings is 1. The van der Waals surface area contributed by atoms with Gasteiger partial charge in [-0.1, -0.05) is 17.3 Å². The quantitative estimate of drug-likeness (QED) is 0.597. The Morgan fingerprint density at radius 2 is 2.21 bits per heavy atom. The van der Waals surface area contributed by atoms with E-state index in [1.54, 1.807) is 16.0 Å². The highest BCUT2D eigenvalue weighted by Crippen LogP contribution is 2.21. The largest absolute Gasteiger partial charge is 0.376 e. The van der Waals surface area contributed by atoms with E-state index in [4.69, 9.17) is 4.52 Å². The summed E-state index contributed by atoms with van der Waals surface area (Å²) in [6.45, 7) is 2.29. The molecule has 0 aliphatic carbocycles. The Morgan fingerprint density at radius 3 is 3.00 bits per heavy atom. The van der Waals surface area contributed by atoms with Gasteiger partial charge < -0.3 is 9.84 Å². The van der Waals surface area contributed by atoms with Crippen LogP contribution in [0.2, 0.25) is 0 Å². The first kappa shape index (κ1) is 14.5. The zero-order chi connectivity index (χ0) is 16.4. The maximum absolute atomic E-state index is 5.28. The monoisotopic (exact) mass is 339 g/mol. The third-order valence-electron chi connectivity index (χ3n) is 3.37. The lowest BCUT2D eigenvalue weighted by Gasteiger charge is -2.06. The summed E-state index contributed by atoms with van der Waals surface area (Å²) < 4.78 is 6.95. The van der Waals surface area contributed by atoms with Gasteiger partial charge in [0, 0.05) is 5.69 Å². The average molecular weight is 339 g/mol. The minimum Gasteiger partial charge on any atom is -0.376 e. The molecule has 0 saturated heterocycles. The van der Waals surface area contributed by atoms with E-state index in [2.05, 4.69) is 31.0 Å². The summed E-state index contributed by atoms with van der Waals surface area (Å²) in [5, 5.41) is 20.8. The van der Waals surface area contributed by atoms with Gasteiger partial charge in [-0.3, -0.25) is 0 Å². The molecule has 120 valence electrons. The number of rotatable bonds is 5. The second-order valence-corrected chi connectivity index (χ2v) is 5.98. The minimum absolute atomic E-state index is 0.441. The van der Waals surface area contributed by atoms with Gasteiger partial charge in [0.2, 0.25) is 11.7 Å². The van der Waals surface area contributed by atoms with Gasteiger partial charge in [-0.05, 0) is 47.0 Å². The summed E-state index contributed by atoms with van der Waals surface area (Å²) in [4.78, 5) is 5.37. The van der Waals surface area contributed by atoms with Crippen molar-refractivity contribution in [2.45, 2.75) is 13.5 Å². The Bertz CT molecular complexity index is 944. The molecule has 0 unspecified atom stereocenters. The zero-order valence-corrected chi connectivity index (χ0v) is 13.6. The molecule has 0 radical (unpaired) electrons. The lowest BCUT2D eigenvalue weighted by atomic mass is 10.2. The number of aromatic nitrogens is 6. The van der Waals surface area contributed by atoms with E-state index in [9.17, 15) is 0 Å². The fourth-order valence-electron chi connectivity index (χ4n) is 2.23. The Hall–Kier alpha value is -3.07. The Morgan fingerprint density at radius 1 is 1.25 bits per heavy atom. The Kier molecular flexibility index (Phi) is 3.75. The van der Waals surface area contributed by atoms with Crippen LogP contribution in [0.15, 0.2) is 46.3 Å². The van der Waals surface area contributed by atoms with Crippen LogP contribution in [0.4, 0.5) is 5.69 Å². The maximum Gasteiger partial charge on any atom is 0.246 e. The number of nitrogens with one attached hydrogen (secondary N) is 1. The van der Waals surface area contributed by atoms with Gasteiger partial charge in [-0.15, -0.1) is 16.4 Å². The molecule has 0 atom stereocenters. The van der Waals surface area contributed by atoms with Crippen LogP contribution >= 0.6 is 11.3 Å². The molecule has 0 amide bonds. The van der Waals surface area contributed by atoms with Gasteiger partial charge in [0.05, 0.1) is 17.1 Å². The van der Waals surface area contributed by atoms with Crippen molar-refractivity contribution in [2.75, 3.05) is 5.32 Å². The van der Waals surface area contributed by atoms with Crippen LogP contribution in [0.1, 0.15) is 11.7 Å². The lowest BCUT2D eigenvalue weighted by Crippen LogP contribution is -2.03. The number of hydrogen-bond donors (Lipinski definition) is 1. The molecule has 1 N–H and O–H groups in total. The summed E-state index contributed by atoms with van der Waals surface area (Å²) >= 11 is 1.58. The van der Waals surface area contributed by atoms with Crippen LogP contribution in [0.25, 0.3) is 16.4 Å². The fraction of sp³-hybridized carbons (Fsp3) is 0.133. The van der Waals surface area contributed by atoms with Crippen LogP contribution in [-0.2, 0) is 6.54 Å². The highest BCUT2D eigenvalue weighted by molar-refractivity contribution is 7.13. The first-order valence-corrected chi connectivity index (χ1v) is 8.13. The molecular formula is C15H13N7OS. The van der Waals surface area contributed by atoms with Crippen molar-refractivity contribution in [2.24, 2.45) is 0 Å². The van der Waals surface area contributed by atoms with Crippen molar-refractivity contribution in [1.82, 2.24) is 30.3 Å². The van der Waals surface area contributed by atoms with Gasteiger partial charge in [0.25, 0.3) is 0 Å². The van der Waals surface area contributed by atoms with Gasteiger partial charge in [-0.2, -0.15) is 9.67 Å². The molecule has 0 aliphatic rings. The smallest absolute Gasteiger partial charge is 0.246 e. The van der Waals surface area contributed by atoms with Crippen molar-refractivity contribution in [3.05, 3.63) is 53.5 Å². The molecule has 0 saturated carbocycles. The van der Waals surface area contributed by atoms with Crippen molar-refractivity contribution >= 4 is 17.0 Å². The van der Waals surface area contributed by atoms with E-state index in [1.807, 2.05) is 48.7 Å². The number of nitrogens with zero attached hydrogens (tertiary/aromatic N) is 6. The fourth-order valence-corrected chi connectivity index (χ4v) is 2.88. The predicted octanol–water partition coefficient (Wildman–Crippen LogP) is 2.69. The number of benzene rings is 1. The topological polar surface area (TPSA) is 94.6 Å². The average Bonchev–Trinajstić information content (AvgIpc) is 3.34. The van der Waals surface area contributed by atoms with Crippen molar-refractivity contribution in [3.8, 4) is 16.4 Å². The Labute approximate surface area is 141 Å². The summed E-state index contributed by atoms with van der Waals surface area (Å²) in [6, 6.07) is 11.7. The van der Waals surface area contributed by atoms with E-state index in [1.165, 1.54) is 0 Å². The zero-order valence-electron chi connectivity index (χ0n) is 12.7. The summed E-state index contributed by atoms with van der Waals surface area (Å²) in [6.07, 6.45) is 0. The predicted molar refractivity (Wildman–Crippen MR) is 88.8 cm³/mol. The normalized spacial score (nSPS) is 10.9. The number of hydrogen-bond acceptors (Lipinski definition) is 8. The lowest BCUT2D eigenvalue weighted by molar-refractivity contribution is 0.384. The van der Waals surface area contributed by atoms with E-state index < -0.39 is 0 Å². The van der Waals surface area contributed by atoms with Gasteiger partial charge in [0.15, 0.2) is 5.82 Å². The molecule has 1 aromatic carbocycles. The molecule has 3 aromatic heterocycles. The minimum atomic E-state index is 0.441. The summed E-state index contributed by atoms with van der Waals surface area (Å²) in [5.74, 6) is 1.87. The molecule has 0 aliphatic heterocycles. The summed E-state index contributed by atoms with van der Waals surface area (Å²) in [5.41, 5.74) is 1.80. The number of thiophene rings is 1. The van der Waals surface area contributed by atoms with E-state index >= 15 is 0 Å². The van der Waals surface area contributed by atoms with Gasteiger partial charge >= 0.3 is 0 Å². The van der Waals surface area contributed by atoms with Crippen LogP contribution in [0, 0.1) is 6.92 Å². The second kappa shape index (κ2) is 6.20. The number of anilines is 1. The second-order valence-electron chi connectivity index (χ2n) is 5.03. The molecule has 8 nitrogen and oxygen atoms in total. The van der Waals surface area contributed by atoms with E-state index in [-0.39, 0.29) is 0 Å². The molecule has 0 spiro atoms. The first-order valence-electron chi connectivity index (χ1n) is 7.25. The van der Waals surface area contributed by atoms with Gasteiger partial charge in [0.1, 0.15) is 0 Å². The highest BCUT2D eigenvalue weighted by Gasteiger charge is 2.09. The molecule has 0 bridgehead atoms. The van der Waals surface area contributed by atoms with Crippen LogP contribution in [-0.4, -0.2) is 30.3 Å². The molecule has 9 heteroatoms. The third-order valence-corrected chi connectivity index (χ3v) is 4.24. The molecular weight excluding hydrogens is 326 g/mol. The molecule has 0 fully saturated rings. The van der Waals surface area contributed by atoms with Crippen LogP contribution < -0.4 is 5.32 Å². The van der Waals surface area contributed by atoms with Crippen molar-refractivity contribution < 1.29 is 4.52 Å². The van der Waals surface area contributed by atoms with Crippen LogP contribution in [0.3, 0.4) is 0 Å². The highest BCUT2D eigenvalue weighted by atomic mass is 32.1. The molecule has 4 aromatic rings. The standard InChI is InChI=1S/C15H13N7OS/c1-10-18-20-21-22(10)12-5-2-4-11(8-12)16-9-14-17-15(19-23-14)13-6-3-7-24-13/h2-8,16H,9H2,1H3. The molecule has 24 heavy (non-hydrogen) atoms. The van der Waals surface area contributed by atoms with Crippen molar-refractivity contribution in [3.63, 3.8) is 0 Å². The third kappa shape index (κ3) is 2.88. The SMILES string of the molecule is Cc1nnnn1-c1cccc(NCc2nc(-c3cccs3)no2)c1. The van der Waals surface area contributed by atoms with Crippen LogP contribution in [0.5, 0.6) is 0 Å². The Balaban J connectivity index is 1.48. The molecule has 4 rings (SSSR count). The maximum atomic E-state index is 5.28. The molecule has 3 heterocycles. The van der Waals surface area contributed by atoms with Gasteiger partial charge in [-0.25, -0.2) is 0 Å².